The second kappa shape index (κ2) is 8.65. The molecule has 0 aliphatic rings. The first-order valence-electron chi connectivity index (χ1n) is 7.19. The Morgan fingerprint density at radius 1 is 1.09 bits per heavy atom. The summed E-state index contributed by atoms with van der Waals surface area (Å²) in [7, 11) is 1.61. The molecule has 2 rings (SSSR count). The van der Waals surface area contributed by atoms with Crippen LogP contribution >= 0.6 is 23.2 Å². The molecule has 2 aromatic carbocycles. The van der Waals surface area contributed by atoms with Crippen LogP contribution in [0.2, 0.25) is 10.0 Å². The van der Waals surface area contributed by atoms with Gasteiger partial charge in [-0.1, -0.05) is 30.1 Å². The average Bonchev–Trinajstić information content (AvgIpc) is 2.56. The lowest BCUT2D eigenvalue weighted by atomic mass is 10.2. The van der Waals surface area contributed by atoms with E-state index in [0.717, 1.165) is 23.4 Å². The lowest BCUT2D eigenvalue weighted by Gasteiger charge is -2.10. The van der Waals surface area contributed by atoms with E-state index >= 15 is 0 Å². The minimum atomic E-state index is 0.478. The third-order valence-electron chi connectivity index (χ3n) is 2.98. The van der Waals surface area contributed by atoms with Crippen molar-refractivity contribution in [3.05, 3.63) is 52.0 Å². The summed E-state index contributed by atoms with van der Waals surface area (Å²) in [6, 6.07) is 10.9. The smallest absolute Gasteiger partial charge is 0.161 e. The van der Waals surface area contributed by atoms with Gasteiger partial charge in [0.1, 0.15) is 0 Å². The summed E-state index contributed by atoms with van der Waals surface area (Å²) in [4.78, 5) is 0. The van der Waals surface area contributed by atoms with Gasteiger partial charge >= 0.3 is 0 Å². The molecule has 0 atom stereocenters. The Kier molecular flexibility index (Phi) is 6.56. The molecule has 2 aromatic rings. The summed E-state index contributed by atoms with van der Waals surface area (Å²) in [5.41, 5.74) is 4.54. The molecule has 0 aromatic heterocycles. The van der Waals surface area contributed by atoms with Crippen molar-refractivity contribution in [2.24, 2.45) is 5.10 Å². The van der Waals surface area contributed by atoms with Crippen LogP contribution in [0.4, 0.5) is 5.69 Å². The monoisotopic (exact) mass is 352 g/mol. The van der Waals surface area contributed by atoms with Crippen LogP contribution in [-0.2, 0) is 0 Å². The zero-order valence-electron chi connectivity index (χ0n) is 13.0. The van der Waals surface area contributed by atoms with E-state index in [4.69, 9.17) is 32.7 Å². The minimum Gasteiger partial charge on any atom is -0.493 e. The molecule has 23 heavy (non-hydrogen) atoms. The molecule has 6 heteroatoms. The van der Waals surface area contributed by atoms with Gasteiger partial charge in [0.15, 0.2) is 11.5 Å². The molecule has 122 valence electrons. The van der Waals surface area contributed by atoms with Crippen LogP contribution in [0.5, 0.6) is 11.5 Å². The Hall–Kier alpha value is -1.91. The van der Waals surface area contributed by atoms with E-state index in [-0.39, 0.29) is 0 Å². The molecule has 0 heterocycles. The SMILES string of the molecule is CCCOc1ccc(/C=N\Nc2ccc(Cl)c(Cl)c2)cc1OC. The van der Waals surface area contributed by atoms with Gasteiger partial charge in [0.05, 0.1) is 35.7 Å². The molecule has 0 spiro atoms. The number of halogens is 2. The largest absolute Gasteiger partial charge is 0.493 e. The fourth-order valence-corrected chi connectivity index (χ4v) is 2.14. The number of hydrogen-bond acceptors (Lipinski definition) is 4. The summed E-state index contributed by atoms with van der Waals surface area (Å²) >= 11 is 11.8. The number of methoxy groups -OCH3 is 1. The Labute approximate surface area is 146 Å². The maximum absolute atomic E-state index is 5.95. The summed E-state index contributed by atoms with van der Waals surface area (Å²) in [6.45, 7) is 2.71. The van der Waals surface area contributed by atoms with Crippen LogP contribution in [0.25, 0.3) is 0 Å². The van der Waals surface area contributed by atoms with Crippen molar-refractivity contribution >= 4 is 35.1 Å². The van der Waals surface area contributed by atoms with E-state index in [1.165, 1.54) is 0 Å². The van der Waals surface area contributed by atoms with Crippen LogP contribution in [0.3, 0.4) is 0 Å². The molecular formula is C17H18Cl2N2O2. The topological polar surface area (TPSA) is 42.8 Å². The predicted molar refractivity (Wildman–Crippen MR) is 96.5 cm³/mol. The maximum Gasteiger partial charge on any atom is 0.161 e. The van der Waals surface area contributed by atoms with Gasteiger partial charge in [0.2, 0.25) is 0 Å². The van der Waals surface area contributed by atoms with Crippen LogP contribution in [0.1, 0.15) is 18.9 Å². The molecule has 0 aliphatic carbocycles. The summed E-state index contributed by atoms with van der Waals surface area (Å²) in [5.74, 6) is 1.40. The number of nitrogens with one attached hydrogen (secondary N) is 1. The standard InChI is InChI=1S/C17H18Cl2N2O2/c1-3-8-23-16-7-4-12(9-17(16)22-2)11-20-21-13-5-6-14(18)15(19)10-13/h4-7,9-11,21H,3,8H2,1-2H3/b20-11-. The third-order valence-corrected chi connectivity index (χ3v) is 3.72. The van der Waals surface area contributed by atoms with Crippen molar-refractivity contribution < 1.29 is 9.47 Å². The molecule has 0 bridgehead atoms. The van der Waals surface area contributed by atoms with Gasteiger partial charge in [-0.05, 0) is 48.4 Å². The summed E-state index contributed by atoms with van der Waals surface area (Å²) < 4.78 is 11.0. The fourth-order valence-electron chi connectivity index (χ4n) is 1.84. The van der Waals surface area contributed by atoms with Gasteiger partial charge in [0.25, 0.3) is 0 Å². The molecule has 1 N–H and O–H groups in total. The van der Waals surface area contributed by atoms with Crippen molar-refractivity contribution in [3.63, 3.8) is 0 Å². The third kappa shape index (κ3) is 5.05. The molecule has 0 aliphatic heterocycles. The second-order valence-corrected chi connectivity index (χ2v) is 5.57. The first-order chi connectivity index (χ1) is 11.1. The van der Waals surface area contributed by atoms with Crippen molar-refractivity contribution in [1.82, 2.24) is 0 Å². The highest BCUT2D eigenvalue weighted by Gasteiger charge is 2.04. The molecule has 0 saturated carbocycles. The van der Waals surface area contributed by atoms with E-state index in [0.29, 0.717) is 22.4 Å². The minimum absolute atomic E-state index is 0.478. The molecule has 0 amide bonds. The highest BCUT2D eigenvalue weighted by Crippen LogP contribution is 2.28. The maximum atomic E-state index is 5.95. The Morgan fingerprint density at radius 3 is 2.61 bits per heavy atom. The highest BCUT2D eigenvalue weighted by molar-refractivity contribution is 6.42. The van der Waals surface area contributed by atoms with Crippen molar-refractivity contribution in [1.29, 1.82) is 0 Å². The first kappa shape index (κ1) is 17.4. The van der Waals surface area contributed by atoms with Gasteiger partial charge in [-0.2, -0.15) is 5.10 Å². The first-order valence-corrected chi connectivity index (χ1v) is 7.94. The van der Waals surface area contributed by atoms with E-state index in [1.54, 1.807) is 31.5 Å². The van der Waals surface area contributed by atoms with E-state index < -0.39 is 0 Å². The number of ether oxygens (including phenoxy) is 2. The summed E-state index contributed by atoms with van der Waals surface area (Å²) in [6.07, 6.45) is 2.63. The lowest BCUT2D eigenvalue weighted by Crippen LogP contribution is -1.98. The predicted octanol–water partition coefficient (Wildman–Crippen LogP) is 5.24. The van der Waals surface area contributed by atoms with Crippen LogP contribution in [-0.4, -0.2) is 19.9 Å². The van der Waals surface area contributed by atoms with Crippen molar-refractivity contribution in [2.45, 2.75) is 13.3 Å². The van der Waals surface area contributed by atoms with Gasteiger partial charge in [-0.25, -0.2) is 0 Å². The average molecular weight is 353 g/mol. The van der Waals surface area contributed by atoms with Crippen molar-refractivity contribution in [3.8, 4) is 11.5 Å². The van der Waals surface area contributed by atoms with E-state index in [2.05, 4.69) is 17.5 Å². The second-order valence-electron chi connectivity index (χ2n) is 4.76. The van der Waals surface area contributed by atoms with Crippen molar-refractivity contribution in [2.75, 3.05) is 19.1 Å². The number of hydrazone groups is 1. The van der Waals surface area contributed by atoms with Gasteiger partial charge in [0, 0.05) is 0 Å². The fraction of sp³-hybridized carbons (Fsp3) is 0.235. The molecule has 4 nitrogen and oxygen atoms in total. The van der Waals surface area contributed by atoms with Crippen LogP contribution < -0.4 is 14.9 Å². The summed E-state index contributed by atoms with van der Waals surface area (Å²) in [5, 5.41) is 5.16. The van der Waals surface area contributed by atoms with Crippen LogP contribution in [0, 0.1) is 0 Å². The number of anilines is 1. The zero-order chi connectivity index (χ0) is 16.7. The molecule has 0 radical (unpaired) electrons. The van der Waals surface area contributed by atoms with E-state index in [9.17, 15) is 0 Å². The molecule has 0 saturated heterocycles. The number of nitrogens with zero attached hydrogens (tertiary/aromatic N) is 1. The highest BCUT2D eigenvalue weighted by atomic mass is 35.5. The Morgan fingerprint density at radius 2 is 1.91 bits per heavy atom. The Bertz CT molecular complexity index is 690. The normalized spacial score (nSPS) is 10.8. The van der Waals surface area contributed by atoms with Gasteiger partial charge < -0.3 is 9.47 Å². The van der Waals surface area contributed by atoms with Gasteiger partial charge in [-0.3, -0.25) is 5.43 Å². The number of rotatable bonds is 7. The number of hydrogen-bond donors (Lipinski definition) is 1. The quantitative estimate of drug-likeness (QED) is 0.547. The van der Waals surface area contributed by atoms with Gasteiger partial charge in [-0.15, -0.1) is 0 Å². The zero-order valence-corrected chi connectivity index (χ0v) is 14.5. The van der Waals surface area contributed by atoms with Crippen LogP contribution in [0.15, 0.2) is 41.5 Å². The lowest BCUT2D eigenvalue weighted by molar-refractivity contribution is 0.294. The molecule has 0 fully saturated rings. The van der Waals surface area contributed by atoms with E-state index in [1.807, 2.05) is 18.2 Å². The Balaban J connectivity index is 2.05. The molecule has 0 unspecified atom stereocenters. The number of benzene rings is 2. The molecular weight excluding hydrogens is 335 g/mol.